The molecule has 0 fully saturated rings. The first-order chi connectivity index (χ1) is 11.5. The van der Waals surface area contributed by atoms with Crippen molar-refractivity contribution in [3.05, 3.63) is 0 Å². The van der Waals surface area contributed by atoms with Crippen LogP contribution in [0.25, 0.3) is 0 Å². The zero-order valence-electron chi connectivity index (χ0n) is 13.8. The number of nitrogens with one attached hydrogen (secondary N) is 3. The molecule has 0 aromatic rings. The van der Waals surface area contributed by atoms with Crippen LogP contribution in [0, 0.1) is 0 Å². The molecule has 0 heterocycles. The molecule has 0 bridgehead atoms. The fourth-order valence-electron chi connectivity index (χ4n) is 1.69. The molecule has 0 aliphatic rings. The largest absolute Gasteiger partial charge is 0.480 e. The van der Waals surface area contributed by atoms with E-state index in [1.54, 1.807) is 0 Å². The molecule has 0 rings (SSSR count). The highest BCUT2D eigenvalue weighted by Gasteiger charge is 2.31. The first kappa shape index (κ1) is 22.3. The Morgan fingerprint density at radius 2 is 1.56 bits per heavy atom. The summed E-state index contributed by atoms with van der Waals surface area (Å²) in [5, 5.41) is 24.7. The number of aliphatic hydroxyl groups is 1. The zero-order valence-corrected chi connectivity index (χ0v) is 13.8. The van der Waals surface area contributed by atoms with Crippen molar-refractivity contribution in [3.8, 4) is 0 Å². The average molecular weight is 361 g/mol. The summed E-state index contributed by atoms with van der Waals surface area (Å²) in [5.74, 6) is -4.91. The van der Waals surface area contributed by atoms with E-state index in [1.165, 1.54) is 13.8 Å². The molecule has 9 N–H and O–H groups in total. The van der Waals surface area contributed by atoms with Gasteiger partial charge in [0.25, 0.3) is 0 Å². The monoisotopic (exact) mass is 361 g/mol. The van der Waals surface area contributed by atoms with Crippen molar-refractivity contribution < 1.29 is 34.2 Å². The van der Waals surface area contributed by atoms with Crippen LogP contribution >= 0.6 is 0 Å². The Labute approximate surface area is 143 Å². The predicted molar refractivity (Wildman–Crippen MR) is 83.6 cm³/mol. The summed E-state index contributed by atoms with van der Waals surface area (Å²) in [6.07, 6.45) is -1.94. The van der Waals surface area contributed by atoms with Gasteiger partial charge in [0.2, 0.25) is 23.6 Å². The minimum atomic E-state index is -1.48. The van der Waals surface area contributed by atoms with Crippen LogP contribution in [0.4, 0.5) is 0 Å². The Bertz CT molecular complexity index is 537. The van der Waals surface area contributed by atoms with Crippen LogP contribution in [-0.4, -0.2) is 70.6 Å². The van der Waals surface area contributed by atoms with E-state index in [-0.39, 0.29) is 0 Å². The van der Waals surface area contributed by atoms with Gasteiger partial charge in [-0.05, 0) is 13.8 Å². The molecule has 142 valence electrons. The minimum Gasteiger partial charge on any atom is -0.480 e. The molecule has 0 aliphatic heterocycles. The van der Waals surface area contributed by atoms with E-state index in [9.17, 15) is 29.1 Å². The van der Waals surface area contributed by atoms with Crippen molar-refractivity contribution in [1.82, 2.24) is 16.0 Å². The lowest BCUT2D eigenvalue weighted by atomic mass is 10.1. The summed E-state index contributed by atoms with van der Waals surface area (Å²) < 4.78 is 0. The Morgan fingerprint density at radius 1 is 1.00 bits per heavy atom. The molecule has 4 atom stereocenters. The quantitative estimate of drug-likeness (QED) is 0.202. The second-order valence-electron chi connectivity index (χ2n) is 5.29. The van der Waals surface area contributed by atoms with E-state index in [0.717, 1.165) is 0 Å². The summed E-state index contributed by atoms with van der Waals surface area (Å²) in [6, 6.07) is -4.19. The van der Waals surface area contributed by atoms with Crippen molar-refractivity contribution in [2.24, 2.45) is 11.5 Å². The number of amides is 4. The molecule has 25 heavy (non-hydrogen) atoms. The van der Waals surface area contributed by atoms with Crippen molar-refractivity contribution in [2.45, 2.75) is 44.5 Å². The molecule has 4 amide bonds. The standard InChI is InChI=1S/C13H23N5O7/c1-5(13(24)25)16-11(22)7(3-8(15)20)17-12(23)10(6(2)19)18-9(21)4-14/h5-7,10,19H,3-4,14H2,1-2H3,(H2,15,20)(H,16,22)(H,17,23)(H,18,21)(H,24,25). The molecule has 0 saturated heterocycles. The maximum atomic E-state index is 12.2. The number of primary amides is 1. The topological polar surface area (TPSA) is 214 Å². The summed E-state index contributed by atoms with van der Waals surface area (Å²) in [6.45, 7) is 1.97. The van der Waals surface area contributed by atoms with E-state index >= 15 is 0 Å². The van der Waals surface area contributed by atoms with Gasteiger partial charge < -0.3 is 37.6 Å². The van der Waals surface area contributed by atoms with Gasteiger partial charge >= 0.3 is 5.97 Å². The lowest BCUT2D eigenvalue weighted by Gasteiger charge is -2.24. The zero-order chi connectivity index (χ0) is 19.7. The number of hydrogen-bond acceptors (Lipinski definition) is 7. The SMILES string of the molecule is CC(NC(=O)C(CC(N)=O)NC(=O)C(NC(=O)CN)C(C)O)C(=O)O. The lowest BCUT2D eigenvalue weighted by Crippen LogP contribution is -2.59. The number of carbonyl (C=O) groups excluding carboxylic acids is 4. The van der Waals surface area contributed by atoms with E-state index in [1.807, 2.05) is 0 Å². The number of hydrogen-bond donors (Lipinski definition) is 7. The highest BCUT2D eigenvalue weighted by Crippen LogP contribution is 1.99. The fraction of sp³-hybridized carbons (Fsp3) is 0.615. The molecular formula is C13H23N5O7. The predicted octanol–water partition coefficient (Wildman–Crippen LogP) is -4.24. The van der Waals surface area contributed by atoms with Crippen LogP contribution in [0.3, 0.4) is 0 Å². The summed E-state index contributed by atoms with van der Waals surface area (Å²) >= 11 is 0. The van der Waals surface area contributed by atoms with Gasteiger partial charge in [-0.2, -0.15) is 0 Å². The Morgan fingerprint density at radius 3 is 1.96 bits per heavy atom. The van der Waals surface area contributed by atoms with Gasteiger partial charge in [-0.25, -0.2) is 0 Å². The van der Waals surface area contributed by atoms with Crippen LogP contribution in [0.5, 0.6) is 0 Å². The van der Waals surface area contributed by atoms with Crippen LogP contribution in [-0.2, 0) is 24.0 Å². The molecule has 0 saturated carbocycles. The number of carbonyl (C=O) groups is 5. The van der Waals surface area contributed by atoms with Crippen LogP contribution < -0.4 is 27.4 Å². The summed E-state index contributed by atoms with van der Waals surface area (Å²) in [5.41, 5.74) is 10.1. The molecule has 0 aliphatic carbocycles. The van der Waals surface area contributed by atoms with Crippen molar-refractivity contribution in [1.29, 1.82) is 0 Å². The average Bonchev–Trinajstić information content (AvgIpc) is 2.50. The second kappa shape index (κ2) is 10.2. The van der Waals surface area contributed by atoms with E-state index in [2.05, 4.69) is 16.0 Å². The Kier molecular flexibility index (Phi) is 9.09. The third-order valence-electron chi connectivity index (χ3n) is 3.03. The molecule has 12 heteroatoms. The van der Waals surface area contributed by atoms with E-state index < -0.39 is 66.8 Å². The lowest BCUT2D eigenvalue weighted by molar-refractivity contribution is -0.142. The first-order valence-corrected chi connectivity index (χ1v) is 7.28. The molecular weight excluding hydrogens is 338 g/mol. The summed E-state index contributed by atoms with van der Waals surface area (Å²) in [7, 11) is 0. The summed E-state index contributed by atoms with van der Waals surface area (Å²) in [4.78, 5) is 57.4. The van der Waals surface area contributed by atoms with E-state index in [0.29, 0.717) is 0 Å². The van der Waals surface area contributed by atoms with Crippen LogP contribution in [0.2, 0.25) is 0 Å². The van der Waals surface area contributed by atoms with Gasteiger partial charge in [0.15, 0.2) is 0 Å². The molecule has 0 aromatic carbocycles. The highest BCUT2D eigenvalue weighted by atomic mass is 16.4. The van der Waals surface area contributed by atoms with Crippen molar-refractivity contribution in [3.63, 3.8) is 0 Å². The van der Waals surface area contributed by atoms with E-state index in [4.69, 9.17) is 16.6 Å². The molecule has 0 spiro atoms. The highest BCUT2D eigenvalue weighted by molar-refractivity contribution is 5.95. The van der Waals surface area contributed by atoms with Gasteiger partial charge in [-0.15, -0.1) is 0 Å². The maximum Gasteiger partial charge on any atom is 0.325 e. The first-order valence-electron chi connectivity index (χ1n) is 7.28. The molecule has 4 unspecified atom stereocenters. The number of rotatable bonds is 10. The number of carboxylic acid groups (broad SMARTS) is 1. The number of aliphatic carboxylic acids is 1. The van der Waals surface area contributed by atoms with Gasteiger partial charge in [-0.3, -0.25) is 24.0 Å². The van der Waals surface area contributed by atoms with Crippen LogP contribution in [0.1, 0.15) is 20.3 Å². The normalized spacial score (nSPS) is 15.2. The maximum absolute atomic E-state index is 12.2. The van der Waals surface area contributed by atoms with Gasteiger partial charge in [-0.1, -0.05) is 0 Å². The number of aliphatic hydroxyl groups excluding tert-OH is 1. The van der Waals surface area contributed by atoms with Crippen molar-refractivity contribution >= 4 is 29.6 Å². The molecule has 0 aromatic heterocycles. The van der Waals surface area contributed by atoms with Gasteiger partial charge in [0, 0.05) is 0 Å². The Hall–Kier alpha value is -2.73. The number of carboxylic acids is 1. The van der Waals surface area contributed by atoms with Crippen molar-refractivity contribution in [2.75, 3.05) is 6.54 Å². The third-order valence-corrected chi connectivity index (χ3v) is 3.03. The Balaban J connectivity index is 5.18. The number of nitrogens with two attached hydrogens (primary N) is 2. The van der Waals surface area contributed by atoms with Crippen LogP contribution in [0.15, 0.2) is 0 Å². The third kappa shape index (κ3) is 8.08. The smallest absolute Gasteiger partial charge is 0.325 e. The minimum absolute atomic E-state index is 0.433. The molecule has 0 radical (unpaired) electrons. The fourth-order valence-corrected chi connectivity index (χ4v) is 1.69. The molecule has 12 nitrogen and oxygen atoms in total. The van der Waals surface area contributed by atoms with Gasteiger partial charge in [0.1, 0.15) is 18.1 Å². The second-order valence-corrected chi connectivity index (χ2v) is 5.29. The van der Waals surface area contributed by atoms with Gasteiger partial charge in [0.05, 0.1) is 19.1 Å².